The van der Waals surface area contributed by atoms with E-state index in [0.717, 1.165) is 4.88 Å². The van der Waals surface area contributed by atoms with E-state index in [4.69, 9.17) is 18.9 Å². The number of carbonyl (C=O) groups is 3. The summed E-state index contributed by atoms with van der Waals surface area (Å²) in [7, 11) is 1.47. The first kappa shape index (κ1) is 24.2. The molecule has 0 saturated carbocycles. The van der Waals surface area contributed by atoms with Crippen molar-refractivity contribution >= 4 is 34.2 Å². The minimum Gasteiger partial charge on any atom is -0.493 e. The fourth-order valence-electron chi connectivity index (χ4n) is 2.59. The van der Waals surface area contributed by atoms with E-state index in [1.807, 2.05) is 20.8 Å². The molecule has 168 valence electrons. The summed E-state index contributed by atoms with van der Waals surface area (Å²) in [6.07, 6.45) is 0.653. The summed E-state index contributed by atoms with van der Waals surface area (Å²) in [6, 6.07) is 6.33. The topological polar surface area (TPSA) is 100 Å². The summed E-state index contributed by atoms with van der Waals surface area (Å²) < 4.78 is 21.0. The molecule has 0 saturated heterocycles. The van der Waals surface area contributed by atoms with Crippen molar-refractivity contribution in [1.29, 1.82) is 0 Å². The molecule has 0 radical (unpaired) electrons. The van der Waals surface area contributed by atoms with Crippen LogP contribution in [0, 0.1) is 0 Å². The van der Waals surface area contributed by atoms with E-state index in [0.29, 0.717) is 22.9 Å². The van der Waals surface area contributed by atoms with Crippen LogP contribution in [0.25, 0.3) is 0 Å². The van der Waals surface area contributed by atoms with Gasteiger partial charge in [-0.1, -0.05) is 6.92 Å². The minimum atomic E-state index is -0.685. The number of nitrogens with one attached hydrogen (secondary N) is 1. The molecule has 1 aromatic carbocycles. The number of benzene rings is 1. The molecule has 0 spiro atoms. The number of aryl methyl sites for hydroxylation is 1. The van der Waals surface area contributed by atoms with E-state index in [9.17, 15) is 14.4 Å². The van der Waals surface area contributed by atoms with Crippen LogP contribution < -0.4 is 14.8 Å². The van der Waals surface area contributed by atoms with Crippen LogP contribution in [0.3, 0.4) is 0 Å². The molecule has 0 fully saturated rings. The monoisotopic (exact) mass is 449 g/mol. The molecule has 1 amide bonds. The molecule has 0 aliphatic rings. The Balaban J connectivity index is 2.02. The summed E-state index contributed by atoms with van der Waals surface area (Å²) in [5, 5.41) is 2.99. The van der Waals surface area contributed by atoms with Gasteiger partial charge in [-0.2, -0.15) is 0 Å². The zero-order chi connectivity index (χ0) is 23.0. The van der Waals surface area contributed by atoms with Crippen LogP contribution in [0.5, 0.6) is 11.5 Å². The van der Waals surface area contributed by atoms with E-state index in [2.05, 4.69) is 5.32 Å². The Bertz CT molecular complexity index is 936. The maximum absolute atomic E-state index is 12.3. The first-order valence-electron chi connectivity index (χ1n) is 9.90. The molecule has 9 heteroatoms. The predicted molar refractivity (Wildman–Crippen MR) is 117 cm³/mol. The van der Waals surface area contributed by atoms with Gasteiger partial charge >= 0.3 is 11.9 Å². The Kier molecular flexibility index (Phi) is 8.87. The smallest absolute Gasteiger partial charge is 0.341 e. The average Bonchev–Trinajstić information content (AvgIpc) is 3.15. The lowest BCUT2D eigenvalue weighted by Gasteiger charge is -2.14. The maximum Gasteiger partial charge on any atom is 0.341 e. The number of hydrogen-bond acceptors (Lipinski definition) is 8. The van der Waals surface area contributed by atoms with E-state index in [-0.39, 0.29) is 23.8 Å². The highest BCUT2D eigenvalue weighted by molar-refractivity contribution is 7.16. The van der Waals surface area contributed by atoms with E-state index in [1.54, 1.807) is 19.1 Å². The lowest BCUT2D eigenvalue weighted by molar-refractivity contribution is -0.119. The van der Waals surface area contributed by atoms with Gasteiger partial charge in [-0.3, -0.25) is 4.79 Å². The summed E-state index contributed by atoms with van der Waals surface area (Å²) in [5.74, 6) is -0.868. The molecule has 0 unspecified atom stereocenters. The SMILES string of the molecule is CCOC(=O)c1cc(CC)sc1NC(=O)COC(=O)c1ccc(OC(C)C)c(OC)c1. The van der Waals surface area contributed by atoms with Gasteiger partial charge in [0.15, 0.2) is 18.1 Å². The Morgan fingerprint density at radius 2 is 1.77 bits per heavy atom. The number of methoxy groups -OCH3 is 1. The molecule has 1 heterocycles. The van der Waals surface area contributed by atoms with Crippen LogP contribution in [0.1, 0.15) is 53.3 Å². The van der Waals surface area contributed by atoms with Gasteiger partial charge < -0.3 is 24.3 Å². The molecular formula is C22H27NO7S. The number of carbonyl (C=O) groups excluding carboxylic acids is 3. The van der Waals surface area contributed by atoms with Crippen molar-refractivity contribution in [2.45, 2.75) is 40.2 Å². The molecule has 2 rings (SSSR count). The number of rotatable bonds is 10. The van der Waals surface area contributed by atoms with Gasteiger partial charge in [0.05, 0.1) is 30.9 Å². The number of ether oxygens (including phenoxy) is 4. The lowest BCUT2D eigenvalue weighted by atomic mass is 10.2. The molecule has 0 bridgehead atoms. The molecular weight excluding hydrogens is 422 g/mol. The van der Waals surface area contributed by atoms with Gasteiger partial charge in [-0.05, 0) is 51.5 Å². The second-order valence-corrected chi connectivity index (χ2v) is 7.82. The normalized spacial score (nSPS) is 10.5. The van der Waals surface area contributed by atoms with Crippen LogP contribution in [-0.4, -0.2) is 44.3 Å². The maximum atomic E-state index is 12.3. The zero-order valence-corrected chi connectivity index (χ0v) is 19.1. The van der Waals surface area contributed by atoms with Crippen molar-refractivity contribution in [3.63, 3.8) is 0 Å². The van der Waals surface area contributed by atoms with E-state index >= 15 is 0 Å². The molecule has 1 N–H and O–H groups in total. The zero-order valence-electron chi connectivity index (χ0n) is 18.3. The highest BCUT2D eigenvalue weighted by atomic mass is 32.1. The number of esters is 2. The first-order valence-corrected chi connectivity index (χ1v) is 10.7. The van der Waals surface area contributed by atoms with Crippen molar-refractivity contribution in [3.8, 4) is 11.5 Å². The summed E-state index contributed by atoms with van der Waals surface area (Å²) in [5.41, 5.74) is 0.506. The molecule has 1 aromatic heterocycles. The number of thiophene rings is 1. The number of anilines is 1. The summed E-state index contributed by atoms with van der Waals surface area (Å²) in [6.45, 7) is 7.13. The molecule has 0 aliphatic heterocycles. The van der Waals surface area contributed by atoms with Crippen molar-refractivity contribution in [3.05, 3.63) is 40.3 Å². The van der Waals surface area contributed by atoms with Gasteiger partial charge in [-0.25, -0.2) is 9.59 Å². The second kappa shape index (κ2) is 11.4. The minimum absolute atomic E-state index is 0.0552. The molecule has 31 heavy (non-hydrogen) atoms. The van der Waals surface area contributed by atoms with Gasteiger partial charge in [0.25, 0.3) is 5.91 Å². The lowest BCUT2D eigenvalue weighted by Crippen LogP contribution is -2.21. The molecule has 0 atom stereocenters. The summed E-state index contributed by atoms with van der Waals surface area (Å²) >= 11 is 1.28. The Morgan fingerprint density at radius 1 is 1.03 bits per heavy atom. The molecule has 2 aromatic rings. The van der Waals surface area contributed by atoms with Gasteiger partial charge in [-0.15, -0.1) is 11.3 Å². The van der Waals surface area contributed by atoms with Crippen LogP contribution in [0.15, 0.2) is 24.3 Å². The van der Waals surface area contributed by atoms with Crippen molar-refractivity contribution < 1.29 is 33.3 Å². The van der Waals surface area contributed by atoms with E-state index < -0.39 is 24.5 Å². The van der Waals surface area contributed by atoms with Gasteiger partial charge in [0.2, 0.25) is 0 Å². The fourth-order valence-corrected chi connectivity index (χ4v) is 3.59. The standard InChI is InChI=1S/C22H27NO7S/c1-6-15-11-16(22(26)28-7-2)20(31-15)23-19(24)12-29-21(25)14-8-9-17(30-13(3)4)18(10-14)27-5/h8-11,13H,6-7,12H2,1-5H3,(H,23,24). The van der Waals surface area contributed by atoms with Crippen molar-refractivity contribution in [1.82, 2.24) is 0 Å². The van der Waals surface area contributed by atoms with Crippen LogP contribution in [0.4, 0.5) is 5.00 Å². The highest BCUT2D eigenvalue weighted by Crippen LogP contribution is 2.30. The van der Waals surface area contributed by atoms with Crippen LogP contribution in [0.2, 0.25) is 0 Å². The predicted octanol–water partition coefficient (Wildman–Crippen LogP) is 4.08. The quantitative estimate of drug-likeness (QED) is 0.546. The highest BCUT2D eigenvalue weighted by Gasteiger charge is 2.20. The van der Waals surface area contributed by atoms with Crippen LogP contribution in [-0.2, 0) is 20.7 Å². The third kappa shape index (κ3) is 6.71. The third-order valence-electron chi connectivity index (χ3n) is 3.98. The third-order valence-corrected chi connectivity index (χ3v) is 5.17. The first-order chi connectivity index (χ1) is 14.8. The van der Waals surface area contributed by atoms with E-state index in [1.165, 1.54) is 30.6 Å². The Labute approximate surface area is 185 Å². The number of amides is 1. The summed E-state index contributed by atoms with van der Waals surface area (Å²) in [4.78, 5) is 37.7. The van der Waals surface area contributed by atoms with Gasteiger partial charge in [0, 0.05) is 4.88 Å². The average molecular weight is 450 g/mol. The van der Waals surface area contributed by atoms with Crippen LogP contribution >= 0.6 is 11.3 Å². The van der Waals surface area contributed by atoms with Crippen molar-refractivity contribution in [2.75, 3.05) is 25.6 Å². The van der Waals surface area contributed by atoms with Crippen molar-refractivity contribution in [2.24, 2.45) is 0 Å². The fraction of sp³-hybridized carbons (Fsp3) is 0.409. The van der Waals surface area contributed by atoms with Gasteiger partial charge in [0.1, 0.15) is 5.00 Å². The second-order valence-electron chi connectivity index (χ2n) is 6.69. The Hall–Kier alpha value is -3.07. The Morgan fingerprint density at radius 3 is 2.39 bits per heavy atom. The largest absolute Gasteiger partial charge is 0.493 e. The molecule has 0 aliphatic carbocycles. The number of hydrogen-bond donors (Lipinski definition) is 1. The molecule has 8 nitrogen and oxygen atoms in total.